The SMILES string of the molecule is NN1NC(=O)CC1=O. The minimum atomic E-state index is -0.394. The van der Waals surface area contributed by atoms with Crippen LogP contribution in [0.1, 0.15) is 6.42 Å². The average Bonchev–Trinajstić information content (AvgIpc) is 1.85. The Kier molecular flexibility index (Phi) is 0.911. The molecule has 0 aromatic heterocycles. The van der Waals surface area contributed by atoms with Crippen molar-refractivity contribution in [3.8, 4) is 0 Å². The van der Waals surface area contributed by atoms with E-state index in [0.717, 1.165) is 0 Å². The zero-order valence-electron chi connectivity index (χ0n) is 4.05. The maximum Gasteiger partial charge on any atom is 0.265 e. The smallest absolute Gasteiger partial charge is 0.265 e. The maximum atomic E-state index is 10.3. The van der Waals surface area contributed by atoms with Crippen molar-refractivity contribution in [2.45, 2.75) is 6.42 Å². The van der Waals surface area contributed by atoms with Gasteiger partial charge >= 0.3 is 0 Å². The number of hydrogen-bond donors (Lipinski definition) is 2. The summed E-state index contributed by atoms with van der Waals surface area (Å²) in [5, 5.41) is 0.683. The first-order valence-corrected chi connectivity index (χ1v) is 2.07. The molecule has 0 aromatic carbocycles. The van der Waals surface area contributed by atoms with Gasteiger partial charge in [0.2, 0.25) is 5.91 Å². The molecule has 44 valence electrons. The number of carbonyl (C=O) groups excluding carboxylic acids is 2. The third kappa shape index (κ3) is 0.627. The lowest BCUT2D eigenvalue weighted by atomic mass is 10.4. The third-order valence-corrected chi connectivity index (χ3v) is 0.826. The molecule has 1 aliphatic rings. The lowest BCUT2D eigenvalue weighted by Gasteiger charge is -2.03. The highest BCUT2D eigenvalue weighted by Crippen LogP contribution is 1.92. The largest absolute Gasteiger partial charge is 0.273 e. The minimum absolute atomic E-state index is 0.128. The predicted octanol–water partition coefficient (Wildman–Crippen LogP) is -1.88. The molecule has 0 bridgehead atoms. The van der Waals surface area contributed by atoms with Crippen molar-refractivity contribution in [2.24, 2.45) is 5.84 Å². The summed E-state index contributed by atoms with van der Waals surface area (Å²) in [5.41, 5.74) is 2.09. The molecule has 3 N–H and O–H groups in total. The summed E-state index contributed by atoms with van der Waals surface area (Å²) in [6, 6.07) is 0. The van der Waals surface area contributed by atoms with Crippen LogP contribution in [0.5, 0.6) is 0 Å². The van der Waals surface area contributed by atoms with Crippen molar-refractivity contribution in [1.29, 1.82) is 0 Å². The van der Waals surface area contributed by atoms with E-state index in [1.807, 2.05) is 0 Å². The lowest BCUT2D eigenvalue weighted by Crippen LogP contribution is -2.41. The van der Waals surface area contributed by atoms with Crippen molar-refractivity contribution >= 4 is 11.8 Å². The highest BCUT2D eigenvalue weighted by Gasteiger charge is 2.23. The third-order valence-electron chi connectivity index (χ3n) is 0.826. The van der Waals surface area contributed by atoms with Crippen LogP contribution in [0.4, 0.5) is 0 Å². The number of hydrazine groups is 2. The van der Waals surface area contributed by atoms with Gasteiger partial charge in [-0.05, 0) is 0 Å². The van der Waals surface area contributed by atoms with Gasteiger partial charge in [0, 0.05) is 0 Å². The Morgan fingerprint density at radius 2 is 2.25 bits per heavy atom. The number of carbonyl (C=O) groups is 2. The van der Waals surface area contributed by atoms with Gasteiger partial charge in [0.25, 0.3) is 5.91 Å². The van der Waals surface area contributed by atoms with E-state index in [-0.39, 0.29) is 12.3 Å². The number of nitrogens with zero attached hydrogens (tertiary/aromatic N) is 1. The summed E-state index contributed by atoms with van der Waals surface area (Å²) < 4.78 is 0. The molecule has 0 aromatic rings. The quantitative estimate of drug-likeness (QED) is 0.220. The molecule has 8 heavy (non-hydrogen) atoms. The first-order valence-electron chi connectivity index (χ1n) is 2.07. The van der Waals surface area contributed by atoms with Crippen LogP contribution in [0.25, 0.3) is 0 Å². The average molecular weight is 115 g/mol. The van der Waals surface area contributed by atoms with Gasteiger partial charge < -0.3 is 0 Å². The first-order chi connectivity index (χ1) is 3.70. The molecule has 1 rings (SSSR count). The molecule has 5 heteroatoms. The van der Waals surface area contributed by atoms with Crippen LogP contribution in [0, 0.1) is 0 Å². The Balaban J connectivity index is 2.64. The highest BCUT2D eigenvalue weighted by atomic mass is 16.2. The Hall–Kier alpha value is -1.10. The summed E-state index contributed by atoms with van der Waals surface area (Å²) in [6.45, 7) is 0. The van der Waals surface area contributed by atoms with Crippen molar-refractivity contribution in [1.82, 2.24) is 10.5 Å². The molecule has 0 unspecified atom stereocenters. The van der Waals surface area contributed by atoms with E-state index < -0.39 is 5.91 Å². The Bertz CT molecular complexity index is 143. The molecule has 0 radical (unpaired) electrons. The Morgan fingerprint density at radius 1 is 1.62 bits per heavy atom. The normalized spacial score (nSPS) is 19.4. The Morgan fingerprint density at radius 3 is 2.38 bits per heavy atom. The second-order valence-corrected chi connectivity index (χ2v) is 1.48. The highest BCUT2D eigenvalue weighted by molar-refractivity contribution is 6.01. The molecule has 1 fully saturated rings. The molecule has 5 nitrogen and oxygen atoms in total. The van der Waals surface area contributed by atoms with Gasteiger partial charge in [-0.3, -0.25) is 9.59 Å². The molecular weight excluding hydrogens is 110 g/mol. The lowest BCUT2D eigenvalue weighted by molar-refractivity contribution is -0.129. The van der Waals surface area contributed by atoms with Gasteiger partial charge in [-0.2, -0.15) is 5.12 Å². The summed E-state index contributed by atoms with van der Waals surface area (Å²) in [5.74, 6) is 4.18. The summed E-state index contributed by atoms with van der Waals surface area (Å²) in [6.07, 6.45) is -0.128. The van der Waals surface area contributed by atoms with Crippen LogP contribution < -0.4 is 11.3 Å². The monoisotopic (exact) mass is 115 g/mol. The molecular formula is C3H5N3O2. The predicted molar refractivity (Wildman–Crippen MR) is 23.8 cm³/mol. The molecule has 0 atom stereocenters. The molecule has 1 aliphatic heterocycles. The van der Waals surface area contributed by atoms with Gasteiger partial charge in [0.05, 0.1) is 0 Å². The van der Waals surface area contributed by atoms with Crippen molar-refractivity contribution in [3.63, 3.8) is 0 Å². The van der Waals surface area contributed by atoms with E-state index in [1.54, 1.807) is 0 Å². The van der Waals surface area contributed by atoms with Gasteiger partial charge in [-0.1, -0.05) is 0 Å². The fourth-order valence-corrected chi connectivity index (χ4v) is 0.459. The number of nitrogens with two attached hydrogens (primary N) is 1. The molecule has 0 spiro atoms. The van der Waals surface area contributed by atoms with Gasteiger partial charge in [0.1, 0.15) is 6.42 Å². The maximum absolute atomic E-state index is 10.3. The van der Waals surface area contributed by atoms with E-state index in [4.69, 9.17) is 5.84 Å². The fraction of sp³-hybridized carbons (Fsp3) is 0.333. The van der Waals surface area contributed by atoms with Crippen molar-refractivity contribution in [2.75, 3.05) is 0 Å². The van der Waals surface area contributed by atoms with E-state index in [9.17, 15) is 9.59 Å². The summed E-state index contributed by atoms with van der Waals surface area (Å²) in [4.78, 5) is 20.5. The van der Waals surface area contributed by atoms with Gasteiger partial charge in [0.15, 0.2) is 0 Å². The number of amides is 2. The number of hydrogen-bond acceptors (Lipinski definition) is 3. The van der Waals surface area contributed by atoms with E-state index in [0.29, 0.717) is 5.12 Å². The molecule has 0 saturated carbocycles. The minimum Gasteiger partial charge on any atom is -0.273 e. The van der Waals surface area contributed by atoms with Gasteiger partial charge in [-0.25, -0.2) is 11.3 Å². The summed E-state index contributed by atoms with van der Waals surface area (Å²) >= 11 is 0. The Labute approximate surface area is 45.4 Å². The summed E-state index contributed by atoms with van der Waals surface area (Å²) in [7, 11) is 0. The van der Waals surface area contributed by atoms with E-state index in [1.165, 1.54) is 0 Å². The van der Waals surface area contributed by atoms with Crippen LogP contribution in [-0.2, 0) is 9.59 Å². The second-order valence-electron chi connectivity index (χ2n) is 1.48. The van der Waals surface area contributed by atoms with Crippen LogP contribution in [0.15, 0.2) is 0 Å². The molecule has 2 amide bonds. The van der Waals surface area contributed by atoms with Crippen molar-refractivity contribution in [3.05, 3.63) is 0 Å². The molecule has 0 aliphatic carbocycles. The standard InChI is InChI=1S/C3H5N3O2/c4-6-3(8)1-2(7)5-6/h1,4H2,(H,5,7). The zero-order chi connectivity index (χ0) is 6.15. The van der Waals surface area contributed by atoms with Crippen LogP contribution in [0.3, 0.4) is 0 Å². The molecule has 1 saturated heterocycles. The zero-order valence-corrected chi connectivity index (χ0v) is 4.05. The first kappa shape index (κ1) is 5.04. The second kappa shape index (κ2) is 1.45. The van der Waals surface area contributed by atoms with Crippen LogP contribution in [-0.4, -0.2) is 16.9 Å². The van der Waals surface area contributed by atoms with Crippen LogP contribution >= 0.6 is 0 Å². The number of nitrogens with one attached hydrogen (secondary N) is 1. The fourth-order valence-electron chi connectivity index (χ4n) is 0.459. The van der Waals surface area contributed by atoms with Crippen LogP contribution in [0.2, 0.25) is 0 Å². The van der Waals surface area contributed by atoms with E-state index in [2.05, 4.69) is 5.43 Å². The topological polar surface area (TPSA) is 75.4 Å². The number of rotatable bonds is 0. The molecule has 1 heterocycles. The van der Waals surface area contributed by atoms with Crippen molar-refractivity contribution < 1.29 is 9.59 Å². The van der Waals surface area contributed by atoms with Gasteiger partial charge in [-0.15, -0.1) is 0 Å². The van der Waals surface area contributed by atoms with E-state index >= 15 is 0 Å².